The Morgan fingerprint density at radius 1 is 1.20 bits per heavy atom. The molecule has 25 heavy (non-hydrogen) atoms. The highest BCUT2D eigenvalue weighted by Crippen LogP contribution is 2.25. The van der Waals surface area contributed by atoms with Crippen molar-refractivity contribution >= 4 is 17.7 Å². The van der Waals surface area contributed by atoms with Gasteiger partial charge in [-0.15, -0.1) is 0 Å². The monoisotopic (exact) mass is 334 g/mol. The fraction of sp³-hybridized carbons (Fsp3) is 0.100. The van der Waals surface area contributed by atoms with Gasteiger partial charge in [0.2, 0.25) is 0 Å². The van der Waals surface area contributed by atoms with E-state index in [1.54, 1.807) is 48.5 Å². The number of nitrogens with zero attached hydrogens (tertiary/aromatic N) is 1. The van der Waals surface area contributed by atoms with Gasteiger partial charge in [-0.05, 0) is 24.3 Å². The predicted molar refractivity (Wildman–Crippen MR) is 97.3 cm³/mol. The number of benzene rings is 2. The molecule has 0 unspecified atom stereocenters. The number of hydrogen-bond acceptors (Lipinski definition) is 4. The van der Waals surface area contributed by atoms with Crippen molar-refractivity contribution in [2.75, 3.05) is 19.0 Å². The van der Waals surface area contributed by atoms with E-state index in [4.69, 9.17) is 9.47 Å². The molecule has 1 N–H and O–H groups in total. The Morgan fingerprint density at radius 2 is 1.88 bits per heavy atom. The van der Waals surface area contributed by atoms with Crippen LogP contribution >= 0.6 is 0 Å². The lowest BCUT2D eigenvalue weighted by Crippen LogP contribution is -2.14. The highest BCUT2D eigenvalue weighted by atomic mass is 16.5. The van der Waals surface area contributed by atoms with E-state index in [1.165, 1.54) is 13.2 Å². The summed E-state index contributed by atoms with van der Waals surface area (Å²) in [7, 11) is 1.51. The van der Waals surface area contributed by atoms with Crippen molar-refractivity contribution in [3.63, 3.8) is 0 Å². The molecule has 2 aromatic rings. The normalized spacial score (nSPS) is 10.5. The lowest BCUT2D eigenvalue weighted by atomic mass is 10.1. The topological polar surface area (TPSA) is 71.3 Å². The zero-order valence-corrected chi connectivity index (χ0v) is 13.9. The van der Waals surface area contributed by atoms with Crippen molar-refractivity contribution in [1.29, 1.82) is 5.26 Å². The molecule has 126 valence electrons. The van der Waals surface area contributed by atoms with Crippen molar-refractivity contribution in [3.05, 3.63) is 72.3 Å². The summed E-state index contributed by atoms with van der Waals surface area (Å²) in [4.78, 5) is 12.4. The Morgan fingerprint density at radius 3 is 2.56 bits per heavy atom. The van der Waals surface area contributed by atoms with Crippen molar-refractivity contribution in [3.8, 4) is 17.6 Å². The minimum atomic E-state index is -0.523. The number of hydrogen-bond donors (Lipinski definition) is 1. The molecule has 0 aliphatic heterocycles. The van der Waals surface area contributed by atoms with Gasteiger partial charge in [0.05, 0.1) is 12.8 Å². The second-order valence-electron chi connectivity index (χ2n) is 4.96. The molecule has 5 nitrogen and oxygen atoms in total. The minimum Gasteiger partial charge on any atom is -0.495 e. The minimum absolute atomic E-state index is 0.0411. The number of nitriles is 1. The summed E-state index contributed by atoms with van der Waals surface area (Å²) in [5, 5.41) is 12.0. The van der Waals surface area contributed by atoms with Gasteiger partial charge in [0.15, 0.2) is 0 Å². The van der Waals surface area contributed by atoms with Crippen LogP contribution in [0.1, 0.15) is 5.56 Å². The van der Waals surface area contributed by atoms with Crippen molar-refractivity contribution < 1.29 is 14.3 Å². The molecule has 0 bridgehead atoms. The number of methoxy groups -OCH3 is 1. The van der Waals surface area contributed by atoms with Gasteiger partial charge in [0, 0.05) is 5.56 Å². The third kappa shape index (κ3) is 4.72. The van der Waals surface area contributed by atoms with Crippen LogP contribution in [-0.2, 0) is 4.79 Å². The number of ether oxygens (including phenoxy) is 2. The van der Waals surface area contributed by atoms with Crippen LogP contribution in [0.2, 0.25) is 0 Å². The van der Waals surface area contributed by atoms with Gasteiger partial charge < -0.3 is 14.8 Å². The second-order valence-corrected chi connectivity index (χ2v) is 4.96. The summed E-state index contributed by atoms with van der Waals surface area (Å²) in [6.07, 6.45) is 3.11. The first-order chi connectivity index (χ1) is 12.2. The standard InChI is InChI=1S/C20H18N2O3/c1-3-12-25-18-10-6-4-8-15(18)13-16(14-21)20(23)22-17-9-5-7-11-19(17)24-2/h3-11,13H,1,12H2,2H3,(H,22,23)/b16-13+. The van der Waals surface area contributed by atoms with E-state index in [-0.39, 0.29) is 5.57 Å². The Hall–Kier alpha value is -3.52. The summed E-state index contributed by atoms with van der Waals surface area (Å²) < 4.78 is 10.7. The maximum absolute atomic E-state index is 12.4. The van der Waals surface area contributed by atoms with Gasteiger partial charge in [-0.25, -0.2) is 0 Å². The smallest absolute Gasteiger partial charge is 0.266 e. The Balaban J connectivity index is 2.27. The molecule has 5 heteroatoms. The fourth-order valence-corrected chi connectivity index (χ4v) is 2.12. The summed E-state index contributed by atoms with van der Waals surface area (Å²) in [6.45, 7) is 3.94. The van der Waals surface area contributed by atoms with Gasteiger partial charge in [-0.3, -0.25) is 4.79 Å². The van der Waals surface area contributed by atoms with E-state index >= 15 is 0 Å². The van der Waals surface area contributed by atoms with Crippen molar-refractivity contribution in [2.45, 2.75) is 0 Å². The molecular formula is C20H18N2O3. The highest BCUT2D eigenvalue weighted by molar-refractivity contribution is 6.10. The quantitative estimate of drug-likeness (QED) is 0.475. The highest BCUT2D eigenvalue weighted by Gasteiger charge is 2.13. The van der Waals surface area contributed by atoms with Crippen LogP contribution < -0.4 is 14.8 Å². The molecule has 0 aliphatic rings. The lowest BCUT2D eigenvalue weighted by molar-refractivity contribution is -0.112. The number of amides is 1. The first-order valence-electron chi connectivity index (χ1n) is 7.58. The van der Waals surface area contributed by atoms with Crippen LogP contribution in [0.3, 0.4) is 0 Å². The Bertz CT molecular complexity index is 835. The summed E-state index contributed by atoms with van der Waals surface area (Å²) >= 11 is 0. The number of nitrogens with one attached hydrogen (secondary N) is 1. The average Bonchev–Trinajstić information content (AvgIpc) is 2.65. The molecule has 0 heterocycles. The van der Waals surface area contributed by atoms with Gasteiger partial charge in [0.1, 0.15) is 29.7 Å². The van der Waals surface area contributed by atoms with Crippen LogP contribution in [0.4, 0.5) is 5.69 Å². The van der Waals surface area contributed by atoms with E-state index in [0.29, 0.717) is 29.4 Å². The maximum atomic E-state index is 12.4. The summed E-state index contributed by atoms with van der Waals surface area (Å²) in [5.41, 5.74) is 1.09. The Labute approximate surface area is 146 Å². The second kappa shape index (κ2) is 8.94. The average molecular weight is 334 g/mol. The molecule has 0 spiro atoms. The molecule has 0 saturated carbocycles. The molecule has 1 amide bonds. The Kier molecular flexibility index (Phi) is 6.38. The molecule has 0 atom stereocenters. The lowest BCUT2D eigenvalue weighted by Gasteiger charge is -2.10. The summed E-state index contributed by atoms with van der Waals surface area (Å²) in [6, 6.07) is 16.1. The first-order valence-corrected chi connectivity index (χ1v) is 7.58. The molecular weight excluding hydrogens is 316 g/mol. The maximum Gasteiger partial charge on any atom is 0.266 e. The van der Waals surface area contributed by atoms with E-state index in [1.807, 2.05) is 12.1 Å². The number of rotatable bonds is 7. The molecule has 0 fully saturated rings. The van der Waals surface area contributed by atoms with Crippen LogP contribution in [-0.4, -0.2) is 19.6 Å². The predicted octanol–water partition coefficient (Wildman–Crippen LogP) is 3.81. The van der Waals surface area contributed by atoms with E-state index in [9.17, 15) is 10.1 Å². The zero-order chi connectivity index (χ0) is 18.1. The van der Waals surface area contributed by atoms with Gasteiger partial charge >= 0.3 is 0 Å². The number of carbonyl (C=O) groups is 1. The third-order valence-electron chi connectivity index (χ3n) is 3.30. The fourth-order valence-electron chi connectivity index (χ4n) is 2.12. The van der Waals surface area contributed by atoms with Crippen molar-refractivity contribution in [2.24, 2.45) is 0 Å². The SMILES string of the molecule is C=CCOc1ccccc1/C=C(\C#N)C(=O)Nc1ccccc1OC. The van der Waals surface area contributed by atoms with Crippen molar-refractivity contribution in [1.82, 2.24) is 0 Å². The van der Waals surface area contributed by atoms with E-state index in [2.05, 4.69) is 11.9 Å². The van der Waals surface area contributed by atoms with Crippen LogP contribution in [0.15, 0.2) is 66.8 Å². The number of anilines is 1. The number of para-hydroxylation sites is 3. The van der Waals surface area contributed by atoms with Crippen LogP contribution in [0.5, 0.6) is 11.5 Å². The molecule has 0 aliphatic carbocycles. The van der Waals surface area contributed by atoms with Gasteiger partial charge in [-0.2, -0.15) is 5.26 Å². The molecule has 0 aromatic heterocycles. The van der Waals surface area contributed by atoms with E-state index < -0.39 is 5.91 Å². The molecule has 2 aromatic carbocycles. The van der Waals surface area contributed by atoms with Crippen LogP contribution in [0.25, 0.3) is 6.08 Å². The third-order valence-corrected chi connectivity index (χ3v) is 3.30. The van der Waals surface area contributed by atoms with Gasteiger partial charge in [0.25, 0.3) is 5.91 Å². The largest absolute Gasteiger partial charge is 0.495 e. The van der Waals surface area contributed by atoms with Gasteiger partial charge in [-0.1, -0.05) is 43.0 Å². The van der Waals surface area contributed by atoms with Crippen LogP contribution in [0, 0.1) is 11.3 Å². The molecule has 2 rings (SSSR count). The number of carbonyl (C=O) groups excluding carboxylic acids is 1. The van der Waals surface area contributed by atoms with E-state index in [0.717, 1.165) is 0 Å². The molecule has 0 saturated heterocycles. The zero-order valence-electron chi connectivity index (χ0n) is 13.9. The molecule has 0 radical (unpaired) electrons. The summed E-state index contributed by atoms with van der Waals surface area (Å²) in [5.74, 6) is 0.564. The first kappa shape index (κ1) is 17.8.